The van der Waals surface area contributed by atoms with Crippen LogP contribution in [-0.4, -0.2) is 26.3 Å². The molecule has 2 aromatic rings. The van der Waals surface area contributed by atoms with Crippen molar-refractivity contribution in [2.45, 2.75) is 29.5 Å². The van der Waals surface area contributed by atoms with Crippen molar-refractivity contribution >= 4 is 17.7 Å². The molecule has 2 N–H and O–H groups in total. The maximum Gasteiger partial charge on any atom is 0.346 e. The summed E-state index contributed by atoms with van der Waals surface area (Å²) in [5.41, 5.74) is 1.19. The quantitative estimate of drug-likeness (QED) is 0.848. The number of aromatic nitrogens is 2. The van der Waals surface area contributed by atoms with E-state index in [0.29, 0.717) is 16.6 Å². The molecule has 1 fully saturated rings. The number of hydrogen-bond donors (Lipinski definition) is 2. The maximum absolute atomic E-state index is 11.5. The van der Waals surface area contributed by atoms with Gasteiger partial charge in [0.2, 0.25) is 0 Å². The van der Waals surface area contributed by atoms with Crippen LogP contribution < -0.4 is 5.69 Å². The van der Waals surface area contributed by atoms with E-state index < -0.39 is 11.7 Å². The number of hydrogen-bond acceptors (Lipinski definition) is 4. The second-order valence-corrected chi connectivity index (χ2v) is 6.29. The van der Waals surface area contributed by atoms with Crippen LogP contribution in [0.15, 0.2) is 40.2 Å². The highest BCUT2D eigenvalue weighted by atomic mass is 32.2. The molecule has 0 aliphatic heterocycles. The summed E-state index contributed by atoms with van der Waals surface area (Å²) in [6.45, 7) is 1.58. The van der Waals surface area contributed by atoms with E-state index in [4.69, 9.17) is 0 Å². The molecule has 2 atom stereocenters. The summed E-state index contributed by atoms with van der Waals surface area (Å²) < 4.78 is 0. The average Bonchev–Trinajstić information content (AvgIpc) is 3.17. The number of aromatic amines is 1. The number of carbonyl (C=O) groups is 1. The third kappa shape index (κ3) is 2.85. The van der Waals surface area contributed by atoms with Crippen molar-refractivity contribution in [1.29, 1.82) is 0 Å². The highest BCUT2D eigenvalue weighted by molar-refractivity contribution is 8.00. The number of rotatable bonds is 4. The molecule has 0 radical (unpaired) electrons. The zero-order valence-electron chi connectivity index (χ0n) is 11.4. The Bertz CT molecular complexity index is 742. The highest BCUT2D eigenvalue weighted by Crippen LogP contribution is 2.51. The Morgan fingerprint density at radius 2 is 2.10 bits per heavy atom. The van der Waals surface area contributed by atoms with Crippen LogP contribution in [0.25, 0.3) is 0 Å². The fourth-order valence-corrected chi connectivity index (χ4v) is 3.80. The second-order valence-electron chi connectivity index (χ2n) is 5.06. The first-order chi connectivity index (χ1) is 10.1. The molecule has 1 heterocycles. The molecule has 0 saturated heterocycles. The molecule has 0 bridgehead atoms. The summed E-state index contributed by atoms with van der Waals surface area (Å²) in [5.74, 6) is -0.658. The highest BCUT2D eigenvalue weighted by Gasteiger charge is 2.40. The van der Waals surface area contributed by atoms with E-state index in [-0.39, 0.29) is 10.8 Å². The van der Waals surface area contributed by atoms with Crippen LogP contribution in [0.4, 0.5) is 0 Å². The van der Waals surface area contributed by atoms with Crippen LogP contribution in [0.1, 0.15) is 34.0 Å². The molecule has 6 heteroatoms. The predicted molar refractivity (Wildman–Crippen MR) is 80.0 cm³/mol. The van der Waals surface area contributed by atoms with Gasteiger partial charge in [-0.15, -0.1) is 11.8 Å². The Morgan fingerprint density at radius 3 is 2.76 bits per heavy atom. The molecule has 1 aliphatic rings. The van der Waals surface area contributed by atoms with Crippen LogP contribution in [0.2, 0.25) is 0 Å². The van der Waals surface area contributed by atoms with Gasteiger partial charge in [0.15, 0.2) is 0 Å². The van der Waals surface area contributed by atoms with Gasteiger partial charge in [-0.05, 0) is 24.8 Å². The number of aromatic carboxylic acids is 1. The fourth-order valence-electron chi connectivity index (χ4n) is 2.39. The van der Waals surface area contributed by atoms with E-state index in [9.17, 15) is 14.7 Å². The summed E-state index contributed by atoms with van der Waals surface area (Å²) in [6.07, 6.45) is 0.973. The van der Waals surface area contributed by atoms with E-state index in [1.54, 1.807) is 6.92 Å². The first-order valence-electron chi connectivity index (χ1n) is 6.62. The lowest BCUT2D eigenvalue weighted by atomic mass is 10.1. The number of benzene rings is 1. The molecular formula is C15H14N2O3S. The van der Waals surface area contributed by atoms with E-state index in [1.807, 2.05) is 18.2 Å². The maximum atomic E-state index is 11.5. The van der Waals surface area contributed by atoms with Crippen molar-refractivity contribution < 1.29 is 9.90 Å². The molecular weight excluding hydrogens is 288 g/mol. The van der Waals surface area contributed by atoms with Gasteiger partial charge in [-0.3, -0.25) is 0 Å². The lowest BCUT2D eigenvalue weighted by molar-refractivity contribution is 0.0690. The number of carboxylic acids is 1. The van der Waals surface area contributed by atoms with Gasteiger partial charge in [0.25, 0.3) is 0 Å². The van der Waals surface area contributed by atoms with Gasteiger partial charge in [0, 0.05) is 10.9 Å². The standard InChI is InChI=1S/C15H14N2O3S/c1-8-12(14(18)19)13(17-15(20)16-8)21-11-7-10(11)9-5-3-2-4-6-9/h2-6,10-11H,7H2,1H3,(H,18,19)(H,16,17,20). The number of thioether (sulfide) groups is 1. The summed E-state index contributed by atoms with van der Waals surface area (Å²) >= 11 is 1.38. The smallest absolute Gasteiger partial charge is 0.346 e. The Balaban J connectivity index is 1.84. The molecule has 2 unspecified atom stereocenters. The molecule has 5 nitrogen and oxygen atoms in total. The Hall–Kier alpha value is -2.08. The van der Waals surface area contributed by atoms with Crippen molar-refractivity contribution in [2.24, 2.45) is 0 Å². The van der Waals surface area contributed by atoms with E-state index in [2.05, 4.69) is 22.1 Å². The lowest BCUT2D eigenvalue weighted by Crippen LogP contribution is -2.18. The fraction of sp³-hybridized carbons (Fsp3) is 0.267. The van der Waals surface area contributed by atoms with Crippen LogP contribution in [0.5, 0.6) is 0 Å². The first-order valence-corrected chi connectivity index (χ1v) is 7.50. The van der Waals surface area contributed by atoms with Gasteiger partial charge >= 0.3 is 11.7 Å². The van der Waals surface area contributed by atoms with Crippen LogP contribution in [0, 0.1) is 6.92 Å². The summed E-state index contributed by atoms with van der Waals surface area (Å²) in [6, 6.07) is 10.1. The minimum absolute atomic E-state index is 0.0957. The van der Waals surface area contributed by atoms with E-state index >= 15 is 0 Å². The molecule has 21 heavy (non-hydrogen) atoms. The molecule has 1 saturated carbocycles. The molecule has 108 valence electrons. The topological polar surface area (TPSA) is 83.0 Å². The number of carboxylic acid groups (broad SMARTS) is 1. The monoisotopic (exact) mass is 302 g/mol. The van der Waals surface area contributed by atoms with Gasteiger partial charge in [-0.1, -0.05) is 30.3 Å². The normalized spacial score (nSPS) is 20.2. The van der Waals surface area contributed by atoms with E-state index in [0.717, 1.165) is 6.42 Å². The predicted octanol–water partition coefficient (Wildman–Crippen LogP) is 2.42. The van der Waals surface area contributed by atoms with Crippen molar-refractivity contribution in [3.63, 3.8) is 0 Å². The van der Waals surface area contributed by atoms with E-state index in [1.165, 1.54) is 17.3 Å². The average molecular weight is 302 g/mol. The largest absolute Gasteiger partial charge is 0.478 e. The number of nitrogens with one attached hydrogen (secondary N) is 1. The van der Waals surface area contributed by atoms with Gasteiger partial charge in [0.05, 0.1) is 0 Å². The molecule has 0 amide bonds. The minimum atomic E-state index is -1.06. The number of nitrogens with zero attached hydrogens (tertiary/aromatic N) is 1. The zero-order chi connectivity index (χ0) is 15.0. The van der Waals surface area contributed by atoms with Crippen LogP contribution >= 0.6 is 11.8 Å². The van der Waals surface area contributed by atoms with Crippen LogP contribution in [0.3, 0.4) is 0 Å². The Labute approximate surface area is 125 Å². The SMILES string of the molecule is Cc1[nH]c(=O)nc(SC2CC2c2ccccc2)c1C(=O)O. The van der Waals surface area contributed by atoms with Gasteiger partial charge < -0.3 is 10.1 Å². The molecule has 1 aromatic heterocycles. The van der Waals surface area contributed by atoms with Crippen LogP contribution in [-0.2, 0) is 0 Å². The van der Waals surface area contributed by atoms with Gasteiger partial charge in [0.1, 0.15) is 10.6 Å². The number of aryl methyl sites for hydroxylation is 1. The molecule has 3 rings (SSSR count). The van der Waals surface area contributed by atoms with Crippen molar-refractivity contribution in [3.05, 3.63) is 57.6 Å². The lowest BCUT2D eigenvalue weighted by Gasteiger charge is -2.06. The summed E-state index contributed by atoms with van der Waals surface area (Å²) in [5, 5.41) is 9.87. The second kappa shape index (κ2) is 5.37. The third-order valence-corrected chi connectivity index (χ3v) is 4.87. The number of H-pyrrole nitrogens is 1. The third-order valence-electron chi connectivity index (χ3n) is 3.52. The summed E-state index contributed by atoms with van der Waals surface area (Å²) in [7, 11) is 0. The van der Waals surface area contributed by atoms with Gasteiger partial charge in [-0.25, -0.2) is 9.59 Å². The molecule has 1 aliphatic carbocycles. The molecule has 1 aromatic carbocycles. The molecule has 0 spiro atoms. The zero-order valence-corrected chi connectivity index (χ0v) is 12.2. The van der Waals surface area contributed by atoms with Crippen molar-refractivity contribution in [1.82, 2.24) is 9.97 Å². The Morgan fingerprint density at radius 1 is 1.38 bits per heavy atom. The summed E-state index contributed by atoms with van der Waals surface area (Å²) in [4.78, 5) is 29.1. The van der Waals surface area contributed by atoms with Crippen molar-refractivity contribution in [3.8, 4) is 0 Å². The van der Waals surface area contributed by atoms with Gasteiger partial charge in [-0.2, -0.15) is 4.98 Å². The Kier molecular flexibility index (Phi) is 3.55. The first kappa shape index (κ1) is 13.9. The van der Waals surface area contributed by atoms with Crippen molar-refractivity contribution in [2.75, 3.05) is 0 Å². The minimum Gasteiger partial charge on any atom is -0.478 e.